The van der Waals surface area contributed by atoms with Gasteiger partial charge in [0.15, 0.2) is 0 Å². The summed E-state index contributed by atoms with van der Waals surface area (Å²) in [6, 6.07) is 79.6. The van der Waals surface area contributed by atoms with Crippen LogP contribution in [0.1, 0.15) is 55.6 Å². The molecule has 0 atom stereocenters. The summed E-state index contributed by atoms with van der Waals surface area (Å²) >= 11 is 0. The molecule has 0 amide bonds. The van der Waals surface area contributed by atoms with Crippen molar-refractivity contribution in [3.05, 3.63) is 298 Å². The first kappa shape index (κ1) is 42.7. The third kappa shape index (κ3) is 6.16. The standard InChI is InChI=1S/C68H42N4O3/c69-59(42-14-2-1-3-15-42)33-34-60(70)45-31-36-63-57(39-45)68(53-22-10-6-18-49(53)50-19-7-11-23-54(50)68)56-38-44(30-35-62(56)74-63)41-26-28-43(29-27-41)65-71-72-66(75-65)46-32-37-64-58(40-46)67(55-24-12-13-25-61(55)73-64)51-20-8-4-16-47(51)48-17-5-9-21-52(48)67/h1-40,69-70H/b34-33-,69-59?,70-60?. The Labute approximate surface area is 432 Å². The van der Waals surface area contributed by atoms with Crippen LogP contribution in [0.25, 0.3) is 56.3 Å². The molecule has 352 valence electrons. The van der Waals surface area contributed by atoms with Gasteiger partial charge in [-0.1, -0.05) is 164 Å². The smallest absolute Gasteiger partial charge is 0.248 e. The van der Waals surface area contributed by atoms with Gasteiger partial charge in [-0.3, -0.25) is 0 Å². The van der Waals surface area contributed by atoms with Gasteiger partial charge in [-0.25, -0.2) is 0 Å². The van der Waals surface area contributed by atoms with Gasteiger partial charge in [0.05, 0.1) is 22.3 Å². The summed E-state index contributed by atoms with van der Waals surface area (Å²) < 4.78 is 20.1. The molecular weight excluding hydrogens is 921 g/mol. The van der Waals surface area contributed by atoms with Gasteiger partial charge in [-0.15, -0.1) is 10.2 Å². The second-order valence-corrected chi connectivity index (χ2v) is 19.5. The molecule has 2 aliphatic heterocycles. The van der Waals surface area contributed by atoms with Crippen molar-refractivity contribution in [2.45, 2.75) is 10.8 Å². The molecule has 2 aliphatic carbocycles. The average molecular weight is 963 g/mol. The second kappa shape index (κ2) is 16.3. The third-order valence-corrected chi connectivity index (χ3v) is 15.7. The normalized spacial score (nSPS) is 14.1. The maximum Gasteiger partial charge on any atom is 0.248 e. The molecule has 7 nitrogen and oxygen atoms in total. The van der Waals surface area contributed by atoms with Crippen molar-refractivity contribution in [3.8, 4) is 79.3 Å². The van der Waals surface area contributed by atoms with E-state index in [0.29, 0.717) is 23.2 Å². The van der Waals surface area contributed by atoms with Crippen LogP contribution in [0.15, 0.2) is 247 Å². The van der Waals surface area contributed by atoms with Gasteiger partial charge < -0.3 is 24.7 Å². The highest BCUT2D eigenvalue weighted by atomic mass is 16.5. The molecule has 0 bridgehead atoms. The highest BCUT2D eigenvalue weighted by molar-refractivity contribution is 6.14. The molecule has 0 saturated carbocycles. The maximum absolute atomic E-state index is 9.25. The Kier molecular flexibility index (Phi) is 9.26. The number of rotatable bonds is 7. The SMILES string of the molecule is N=C(/C=C\C(=N)c1ccc2c(c1)C1(c3cc(-c4ccc(-c5nnc(-c6ccc7c(c6)C6(c8ccccc8O7)c7ccccc7-c7ccccc76)o5)cc4)ccc3O2)c2ccccc2-c2ccccc21)c1ccccc1. The Balaban J connectivity index is 0.791. The van der Waals surface area contributed by atoms with Gasteiger partial charge in [0.2, 0.25) is 11.8 Å². The summed E-state index contributed by atoms with van der Waals surface area (Å²) in [6.45, 7) is 0. The fourth-order valence-corrected chi connectivity index (χ4v) is 12.5. The average Bonchev–Trinajstić information content (AvgIpc) is 4.21. The van der Waals surface area contributed by atoms with Crippen LogP contribution in [-0.4, -0.2) is 21.6 Å². The Morgan fingerprint density at radius 3 is 1.28 bits per heavy atom. The first-order valence-electron chi connectivity index (χ1n) is 25.1. The Morgan fingerprint density at radius 2 is 0.707 bits per heavy atom. The van der Waals surface area contributed by atoms with Crippen molar-refractivity contribution in [2.24, 2.45) is 0 Å². The Hall–Kier alpha value is -9.98. The number of fused-ring (bicyclic) bond motifs is 18. The lowest BCUT2D eigenvalue weighted by Crippen LogP contribution is -2.32. The van der Waals surface area contributed by atoms with E-state index in [1.807, 2.05) is 72.8 Å². The molecule has 3 heterocycles. The molecule has 4 aliphatic rings. The van der Waals surface area contributed by atoms with Crippen LogP contribution in [0.5, 0.6) is 23.0 Å². The topological polar surface area (TPSA) is 105 Å². The van der Waals surface area contributed by atoms with Gasteiger partial charge >= 0.3 is 0 Å². The molecule has 1 aromatic heterocycles. The molecule has 0 saturated heterocycles. The lowest BCUT2D eigenvalue weighted by molar-refractivity contribution is 0.436. The van der Waals surface area contributed by atoms with Gasteiger partial charge in [-0.2, -0.15) is 0 Å². The lowest BCUT2D eigenvalue weighted by Gasteiger charge is -2.40. The zero-order valence-electron chi connectivity index (χ0n) is 40.2. The van der Waals surface area contributed by atoms with Crippen molar-refractivity contribution >= 4 is 11.4 Å². The Bertz CT molecular complexity index is 4150. The van der Waals surface area contributed by atoms with E-state index in [4.69, 9.17) is 19.3 Å². The first-order valence-corrected chi connectivity index (χ1v) is 25.1. The number of hydrogen-bond donors (Lipinski definition) is 2. The molecule has 2 spiro atoms. The fourth-order valence-electron chi connectivity index (χ4n) is 12.5. The van der Waals surface area contributed by atoms with E-state index in [-0.39, 0.29) is 0 Å². The van der Waals surface area contributed by atoms with Crippen LogP contribution >= 0.6 is 0 Å². The van der Waals surface area contributed by atoms with Gasteiger partial charge in [0, 0.05) is 33.4 Å². The summed E-state index contributed by atoms with van der Waals surface area (Å²) in [4.78, 5) is 0. The van der Waals surface area contributed by atoms with Crippen molar-refractivity contribution in [2.75, 3.05) is 0 Å². The van der Waals surface area contributed by atoms with E-state index < -0.39 is 10.8 Å². The number of hydrogen-bond acceptors (Lipinski definition) is 7. The summed E-state index contributed by atoms with van der Waals surface area (Å²) in [5.74, 6) is 3.99. The van der Waals surface area contributed by atoms with Crippen molar-refractivity contribution in [3.63, 3.8) is 0 Å². The predicted octanol–water partition coefficient (Wildman–Crippen LogP) is 16.0. The molecular formula is C68H42N4O3. The van der Waals surface area contributed by atoms with Gasteiger partial charge in [0.25, 0.3) is 0 Å². The first-order chi connectivity index (χ1) is 37.0. The second-order valence-electron chi connectivity index (χ2n) is 19.5. The van der Waals surface area contributed by atoms with E-state index in [1.165, 1.54) is 33.4 Å². The summed E-state index contributed by atoms with van der Waals surface area (Å²) in [7, 11) is 0. The minimum Gasteiger partial charge on any atom is -0.457 e. The minimum absolute atomic E-state index is 0.305. The zero-order valence-corrected chi connectivity index (χ0v) is 40.2. The van der Waals surface area contributed by atoms with E-state index in [1.54, 1.807) is 12.2 Å². The predicted molar refractivity (Wildman–Crippen MR) is 295 cm³/mol. The van der Waals surface area contributed by atoms with Crippen LogP contribution in [0.3, 0.4) is 0 Å². The lowest BCUT2D eigenvalue weighted by atomic mass is 9.65. The molecule has 0 fully saturated rings. The summed E-state index contributed by atoms with van der Waals surface area (Å²) in [5.41, 5.74) is 18.1. The molecule has 75 heavy (non-hydrogen) atoms. The number of nitrogens with zero attached hydrogens (tertiary/aromatic N) is 2. The molecule has 11 aromatic rings. The number of allylic oxidation sites excluding steroid dienone is 2. The number of para-hydroxylation sites is 1. The van der Waals surface area contributed by atoms with Crippen LogP contribution in [0.4, 0.5) is 0 Å². The van der Waals surface area contributed by atoms with E-state index in [9.17, 15) is 5.41 Å². The largest absolute Gasteiger partial charge is 0.457 e. The van der Waals surface area contributed by atoms with Crippen LogP contribution in [-0.2, 0) is 10.8 Å². The Morgan fingerprint density at radius 1 is 0.320 bits per heavy atom. The highest BCUT2D eigenvalue weighted by Crippen LogP contribution is 2.64. The highest BCUT2D eigenvalue weighted by Gasteiger charge is 2.53. The number of benzene rings is 10. The van der Waals surface area contributed by atoms with Crippen LogP contribution in [0, 0.1) is 10.8 Å². The summed E-state index contributed by atoms with van der Waals surface area (Å²) in [5, 5.41) is 27.2. The van der Waals surface area contributed by atoms with Crippen molar-refractivity contribution < 1.29 is 13.9 Å². The van der Waals surface area contributed by atoms with E-state index >= 15 is 0 Å². The van der Waals surface area contributed by atoms with E-state index in [0.717, 1.165) is 89.8 Å². The number of nitrogens with one attached hydrogen (secondary N) is 2. The molecule has 0 unspecified atom stereocenters. The zero-order chi connectivity index (χ0) is 49.8. The van der Waals surface area contributed by atoms with Gasteiger partial charge in [0.1, 0.15) is 23.0 Å². The minimum atomic E-state index is -0.751. The van der Waals surface area contributed by atoms with E-state index in [2.05, 4.69) is 168 Å². The summed E-state index contributed by atoms with van der Waals surface area (Å²) in [6.07, 6.45) is 3.41. The van der Waals surface area contributed by atoms with Crippen LogP contribution in [0.2, 0.25) is 0 Å². The third-order valence-electron chi connectivity index (χ3n) is 15.7. The molecule has 0 radical (unpaired) electrons. The molecule has 7 heteroatoms. The number of ether oxygens (including phenoxy) is 2. The van der Waals surface area contributed by atoms with Gasteiger partial charge in [-0.05, 0) is 146 Å². The molecule has 2 N–H and O–H groups in total. The van der Waals surface area contributed by atoms with Crippen molar-refractivity contribution in [1.29, 1.82) is 10.8 Å². The van der Waals surface area contributed by atoms with Crippen molar-refractivity contribution in [1.82, 2.24) is 10.2 Å². The fraction of sp³-hybridized carbons (Fsp3) is 0.0294. The molecule has 15 rings (SSSR count). The monoisotopic (exact) mass is 962 g/mol. The number of aromatic nitrogens is 2. The quantitative estimate of drug-likeness (QED) is 0.155. The van der Waals surface area contributed by atoms with Crippen LogP contribution < -0.4 is 9.47 Å². The molecule has 10 aromatic carbocycles. The maximum atomic E-state index is 9.25.